The Kier molecular flexibility index (Phi) is 5.66. The summed E-state index contributed by atoms with van der Waals surface area (Å²) < 4.78 is 69.3. The van der Waals surface area contributed by atoms with E-state index in [0.717, 1.165) is 12.3 Å². The van der Waals surface area contributed by atoms with Gasteiger partial charge >= 0.3 is 6.18 Å². The minimum atomic E-state index is -4.64. The van der Waals surface area contributed by atoms with Crippen molar-refractivity contribution in [3.05, 3.63) is 30.1 Å². The highest BCUT2D eigenvalue weighted by atomic mass is 32.2. The van der Waals surface area contributed by atoms with Gasteiger partial charge in [0.05, 0.1) is 27.9 Å². The third kappa shape index (κ3) is 3.92. The van der Waals surface area contributed by atoms with Crippen LogP contribution in [0.1, 0.15) is 12.6 Å². The van der Waals surface area contributed by atoms with Gasteiger partial charge in [0, 0.05) is 7.05 Å². The van der Waals surface area contributed by atoms with Gasteiger partial charge in [-0.15, -0.1) is 4.36 Å². The predicted octanol–water partition coefficient (Wildman–Crippen LogP) is 3.11. The number of hydrogen-bond donors (Lipinski definition) is 0. The van der Waals surface area contributed by atoms with Crippen LogP contribution < -0.4 is 0 Å². The smallest absolute Gasteiger partial charge is 0.324 e. The lowest BCUT2D eigenvalue weighted by atomic mass is 10.3. The van der Waals surface area contributed by atoms with Gasteiger partial charge in [-0.05, 0) is 35.1 Å². The molecule has 0 aliphatic heterocycles. The van der Waals surface area contributed by atoms with E-state index in [1.165, 1.54) is 30.7 Å². The first kappa shape index (κ1) is 21.8. The summed E-state index contributed by atoms with van der Waals surface area (Å²) in [5.74, 6) is -0.139. The molecule has 0 aromatic carbocycles. The van der Waals surface area contributed by atoms with Crippen LogP contribution in [0.25, 0.3) is 22.6 Å². The molecular formula is C17H15F3N6O2S2. The van der Waals surface area contributed by atoms with Crippen LogP contribution in [0.15, 0.2) is 38.7 Å². The number of alkyl halides is 3. The van der Waals surface area contributed by atoms with Gasteiger partial charge in [0.1, 0.15) is 16.4 Å². The molecule has 0 aliphatic carbocycles. The summed E-state index contributed by atoms with van der Waals surface area (Å²) in [6.45, 7) is 1.47. The van der Waals surface area contributed by atoms with E-state index in [4.69, 9.17) is 5.26 Å². The van der Waals surface area contributed by atoms with E-state index in [0.29, 0.717) is 5.03 Å². The zero-order valence-electron chi connectivity index (χ0n) is 16.0. The molecule has 3 aromatic rings. The molecule has 3 aromatic heterocycles. The third-order valence-corrected chi connectivity index (χ3v) is 7.25. The fraction of sp³-hybridized carbons (Fsp3) is 0.294. The summed E-state index contributed by atoms with van der Waals surface area (Å²) in [7, 11) is -3.13. The lowest BCUT2D eigenvalue weighted by Gasteiger charge is -2.11. The predicted molar refractivity (Wildman–Crippen MR) is 104 cm³/mol. The van der Waals surface area contributed by atoms with Crippen LogP contribution in [-0.4, -0.2) is 39.9 Å². The molecule has 13 heteroatoms. The molecule has 0 amide bonds. The first-order chi connectivity index (χ1) is 14.0. The third-order valence-electron chi connectivity index (χ3n) is 4.30. The molecule has 0 saturated heterocycles. The normalized spacial score (nSPS) is 13.5. The SMILES string of the molecule is CCS(=O)(=O)c1ccc(S(C)=NC#N)nc1-c1nc2cc(C(F)(F)F)ncc2n1C. The number of pyridine rings is 2. The van der Waals surface area contributed by atoms with Crippen molar-refractivity contribution >= 4 is 31.6 Å². The van der Waals surface area contributed by atoms with Crippen LogP contribution in [0.5, 0.6) is 0 Å². The van der Waals surface area contributed by atoms with Gasteiger partial charge in [0.2, 0.25) is 6.19 Å². The number of hydrogen-bond acceptors (Lipinski definition) is 7. The molecular weight excluding hydrogens is 441 g/mol. The van der Waals surface area contributed by atoms with Crippen molar-refractivity contribution in [2.75, 3.05) is 12.0 Å². The maximum atomic E-state index is 13.0. The summed E-state index contributed by atoms with van der Waals surface area (Å²) >= 11 is 0. The van der Waals surface area contributed by atoms with Gasteiger partial charge in [0.25, 0.3) is 0 Å². The molecule has 0 spiro atoms. The van der Waals surface area contributed by atoms with Crippen LogP contribution in [0.2, 0.25) is 0 Å². The van der Waals surface area contributed by atoms with Gasteiger partial charge < -0.3 is 4.57 Å². The second-order valence-corrected chi connectivity index (χ2v) is 9.92. The average Bonchev–Trinajstić information content (AvgIpc) is 3.03. The number of sulfone groups is 1. The molecule has 3 heterocycles. The van der Waals surface area contributed by atoms with Gasteiger partial charge in [-0.25, -0.2) is 23.4 Å². The van der Waals surface area contributed by atoms with E-state index in [2.05, 4.69) is 19.3 Å². The Hall–Kier alpha value is -2.85. The van der Waals surface area contributed by atoms with Gasteiger partial charge in [-0.3, -0.25) is 0 Å². The van der Waals surface area contributed by atoms with E-state index < -0.39 is 32.4 Å². The highest BCUT2D eigenvalue weighted by Crippen LogP contribution is 2.32. The number of imidazole rings is 1. The van der Waals surface area contributed by atoms with Crippen molar-refractivity contribution in [1.29, 1.82) is 5.26 Å². The quantitative estimate of drug-likeness (QED) is 0.558. The first-order valence-electron chi connectivity index (χ1n) is 8.39. The molecule has 0 saturated carbocycles. The summed E-state index contributed by atoms with van der Waals surface area (Å²) in [5, 5.41) is 9.14. The Bertz CT molecular complexity index is 1320. The van der Waals surface area contributed by atoms with Crippen LogP contribution >= 0.6 is 0 Å². The van der Waals surface area contributed by atoms with E-state index in [9.17, 15) is 21.6 Å². The molecule has 0 N–H and O–H groups in total. The van der Waals surface area contributed by atoms with Gasteiger partial charge in [-0.1, -0.05) is 6.92 Å². The first-order valence-corrected chi connectivity index (χ1v) is 11.6. The van der Waals surface area contributed by atoms with Crippen molar-refractivity contribution in [2.45, 2.75) is 23.0 Å². The summed E-state index contributed by atoms with van der Waals surface area (Å²) in [6, 6.07) is 3.61. The number of rotatable bonds is 4. The van der Waals surface area contributed by atoms with Crippen molar-refractivity contribution in [3.63, 3.8) is 0 Å². The maximum Gasteiger partial charge on any atom is 0.433 e. The fourth-order valence-corrected chi connectivity index (χ4v) is 4.45. The zero-order valence-corrected chi connectivity index (χ0v) is 17.6. The number of aromatic nitrogens is 4. The van der Waals surface area contributed by atoms with Crippen LogP contribution in [0.4, 0.5) is 13.2 Å². The fourth-order valence-electron chi connectivity index (χ4n) is 2.72. The number of aryl methyl sites for hydroxylation is 1. The Labute approximate surface area is 172 Å². The number of nitriles is 1. The van der Waals surface area contributed by atoms with Crippen LogP contribution in [0, 0.1) is 11.5 Å². The molecule has 1 unspecified atom stereocenters. The van der Waals surface area contributed by atoms with Crippen molar-refractivity contribution in [2.24, 2.45) is 11.4 Å². The Morgan fingerprint density at radius 1 is 1.30 bits per heavy atom. The molecule has 0 bridgehead atoms. The summed E-state index contributed by atoms with van der Waals surface area (Å²) in [6.07, 6.45) is -0.299. The van der Waals surface area contributed by atoms with Gasteiger partial charge in [0.15, 0.2) is 15.7 Å². The lowest BCUT2D eigenvalue weighted by molar-refractivity contribution is -0.141. The average molecular weight is 456 g/mol. The summed E-state index contributed by atoms with van der Waals surface area (Å²) in [4.78, 5) is 11.9. The van der Waals surface area contributed by atoms with Crippen molar-refractivity contribution < 1.29 is 21.6 Å². The van der Waals surface area contributed by atoms with E-state index >= 15 is 0 Å². The second kappa shape index (κ2) is 7.77. The molecule has 0 fully saturated rings. The van der Waals surface area contributed by atoms with Crippen molar-refractivity contribution in [3.8, 4) is 17.7 Å². The number of halogens is 3. The minimum Gasteiger partial charge on any atom is -0.324 e. The number of fused-ring (bicyclic) bond motifs is 1. The van der Waals surface area contributed by atoms with Gasteiger partial charge in [-0.2, -0.15) is 18.4 Å². The molecule has 0 aliphatic rings. The Balaban J connectivity index is 2.33. The zero-order chi connectivity index (χ0) is 22.3. The van der Waals surface area contributed by atoms with Crippen LogP contribution in [-0.2, 0) is 33.8 Å². The molecule has 158 valence electrons. The largest absolute Gasteiger partial charge is 0.433 e. The second-order valence-electron chi connectivity index (χ2n) is 6.12. The Morgan fingerprint density at radius 3 is 2.60 bits per heavy atom. The van der Waals surface area contributed by atoms with E-state index in [-0.39, 0.29) is 33.2 Å². The summed E-state index contributed by atoms with van der Waals surface area (Å²) in [5.41, 5.74) is -0.846. The topological polar surface area (TPSA) is 114 Å². The molecule has 3 rings (SSSR count). The Morgan fingerprint density at radius 2 is 2.00 bits per heavy atom. The van der Waals surface area contributed by atoms with E-state index in [1.807, 2.05) is 0 Å². The monoisotopic (exact) mass is 456 g/mol. The highest BCUT2D eigenvalue weighted by molar-refractivity contribution is 7.91. The van der Waals surface area contributed by atoms with E-state index in [1.54, 1.807) is 12.4 Å². The molecule has 0 radical (unpaired) electrons. The molecule has 8 nitrogen and oxygen atoms in total. The standard InChI is InChI=1S/C17H15F3N6O2S2/c1-4-30(27,28)12-5-6-14(29(3)23-9-21)25-15(12)16-24-10-7-13(17(18,19)20)22-8-11(10)26(16)2/h5-8H,4H2,1-3H3. The minimum absolute atomic E-state index is 0.000848. The number of nitrogens with zero attached hydrogens (tertiary/aromatic N) is 6. The maximum absolute atomic E-state index is 13.0. The lowest BCUT2D eigenvalue weighted by Crippen LogP contribution is -2.10. The molecule has 1 atom stereocenters. The van der Waals surface area contributed by atoms with Crippen LogP contribution in [0.3, 0.4) is 0 Å². The van der Waals surface area contributed by atoms with Crippen molar-refractivity contribution in [1.82, 2.24) is 19.5 Å². The highest BCUT2D eigenvalue weighted by Gasteiger charge is 2.33. The molecule has 30 heavy (non-hydrogen) atoms.